The third-order valence-corrected chi connectivity index (χ3v) is 3.62. The molecule has 92 valence electrons. The molecule has 2 heterocycles. The molecule has 3 heteroatoms. The lowest BCUT2D eigenvalue weighted by Crippen LogP contribution is -2.49. The van der Waals surface area contributed by atoms with Crippen LogP contribution >= 0.6 is 0 Å². The number of nitrogens with zero attached hydrogens (tertiary/aromatic N) is 1. The fourth-order valence-electron chi connectivity index (χ4n) is 2.77. The van der Waals surface area contributed by atoms with Crippen molar-refractivity contribution >= 4 is 5.69 Å². The summed E-state index contributed by atoms with van der Waals surface area (Å²) in [6.45, 7) is 6.31. The van der Waals surface area contributed by atoms with Crippen LogP contribution in [0.3, 0.4) is 0 Å². The SMILES string of the molecule is CC1CN(c2cccc3c2OCCC3)CCN1. The van der Waals surface area contributed by atoms with Gasteiger partial charge in [-0.1, -0.05) is 12.1 Å². The molecule has 1 unspecified atom stereocenters. The molecule has 0 aliphatic carbocycles. The van der Waals surface area contributed by atoms with Gasteiger partial charge in [-0.3, -0.25) is 0 Å². The zero-order valence-corrected chi connectivity index (χ0v) is 10.4. The second-order valence-corrected chi connectivity index (χ2v) is 5.02. The van der Waals surface area contributed by atoms with Crippen molar-refractivity contribution < 1.29 is 4.74 Å². The Bertz CT molecular complexity index is 405. The molecule has 0 radical (unpaired) electrons. The maximum Gasteiger partial charge on any atom is 0.145 e. The van der Waals surface area contributed by atoms with Crippen LogP contribution in [-0.2, 0) is 6.42 Å². The minimum absolute atomic E-state index is 0.559. The van der Waals surface area contributed by atoms with E-state index < -0.39 is 0 Å². The van der Waals surface area contributed by atoms with E-state index in [9.17, 15) is 0 Å². The summed E-state index contributed by atoms with van der Waals surface area (Å²) in [4.78, 5) is 2.45. The summed E-state index contributed by atoms with van der Waals surface area (Å²) in [5.74, 6) is 1.13. The Labute approximate surface area is 103 Å². The highest BCUT2D eigenvalue weighted by molar-refractivity contribution is 5.63. The van der Waals surface area contributed by atoms with Gasteiger partial charge < -0.3 is 15.0 Å². The highest BCUT2D eigenvalue weighted by Crippen LogP contribution is 2.35. The van der Waals surface area contributed by atoms with Crippen molar-refractivity contribution in [2.75, 3.05) is 31.1 Å². The second-order valence-electron chi connectivity index (χ2n) is 5.02. The van der Waals surface area contributed by atoms with Gasteiger partial charge in [-0.05, 0) is 31.4 Å². The number of ether oxygens (including phenoxy) is 1. The standard InChI is InChI=1S/C14H20N2O/c1-11-10-16(8-7-15-11)13-6-2-4-12-5-3-9-17-14(12)13/h2,4,6,11,15H,3,5,7-10H2,1H3. The van der Waals surface area contributed by atoms with Crippen LogP contribution in [0, 0.1) is 0 Å². The molecule has 1 aromatic rings. The lowest BCUT2D eigenvalue weighted by molar-refractivity contribution is 0.288. The van der Waals surface area contributed by atoms with E-state index in [1.807, 2.05) is 0 Å². The summed E-state index contributed by atoms with van der Waals surface area (Å²) in [6.07, 6.45) is 2.30. The first kappa shape index (κ1) is 10.9. The Morgan fingerprint density at radius 2 is 2.35 bits per heavy atom. The second kappa shape index (κ2) is 4.57. The van der Waals surface area contributed by atoms with Crippen LogP contribution in [0.4, 0.5) is 5.69 Å². The molecule has 17 heavy (non-hydrogen) atoms. The first-order valence-corrected chi connectivity index (χ1v) is 6.57. The number of piperazine rings is 1. The van der Waals surface area contributed by atoms with Crippen molar-refractivity contribution in [1.82, 2.24) is 5.32 Å². The van der Waals surface area contributed by atoms with Gasteiger partial charge in [0.15, 0.2) is 0 Å². The third-order valence-electron chi connectivity index (χ3n) is 3.62. The number of hydrogen-bond acceptors (Lipinski definition) is 3. The van der Waals surface area contributed by atoms with Gasteiger partial charge in [0.2, 0.25) is 0 Å². The molecule has 0 aromatic heterocycles. The highest BCUT2D eigenvalue weighted by Gasteiger charge is 2.22. The number of hydrogen-bond donors (Lipinski definition) is 1. The summed E-state index contributed by atoms with van der Waals surface area (Å²) in [7, 11) is 0. The fraction of sp³-hybridized carbons (Fsp3) is 0.571. The van der Waals surface area contributed by atoms with E-state index >= 15 is 0 Å². The molecule has 0 saturated carbocycles. The van der Waals surface area contributed by atoms with Crippen molar-refractivity contribution in [3.05, 3.63) is 23.8 Å². The van der Waals surface area contributed by atoms with E-state index in [1.165, 1.54) is 11.3 Å². The van der Waals surface area contributed by atoms with E-state index in [0.29, 0.717) is 6.04 Å². The maximum atomic E-state index is 5.88. The van der Waals surface area contributed by atoms with E-state index in [4.69, 9.17) is 4.74 Å². The van der Waals surface area contributed by atoms with Crippen LogP contribution in [0.2, 0.25) is 0 Å². The van der Waals surface area contributed by atoms with Gasteiger partial charge >= 0.3 is 0 Å². The average Bonchev–Trinajstić information content (AvgIpc) is 2.38. The van der Waals surface area contributed by atoms with Crippen LogP contribution in [0.15, 0.2) is 18.2 Å². The monoisotopic (exact) mass is 232 g/mol. The van der Waals surface area contributed by atoms with Gasteiger partial charge in [-0.25, -0.2) is 0 Å². The van der Waals surface area contributed by atoms with Gasteiger partial charge in [0, 0.05) is 25.7 Å². The molecule has 1 saturated heterocycles. The van der Waals surface area contributed by atoms with E-state index in [-0.39, 0.29) is 0 Å². The number of rotatable bonds is 1. The molecule has 0 amide bonds. The molecule has 1 aromatic carbocycles. The smallest absolute Gasteiger partial charge is 0.145 e. The quantitative estimate of drug-likeness (QED) is 0.799. The summed E-state index contributed by atoms with van der Waals surface area (Å²) in [5.41, 5.74) is 2.66. The minimum atomic E-state index is 0.559. The predicted molar refractivity (Wildman–Crippen MR) is 69.9 cm³/mol. The van der Waals surface area contributed by atoms with Gasteiger partial charge in [-0.15, -0.1) is 0 Å². The van der Waals surface area contributed by atoms with Crippen LogP contribution in [0.25, 0.3) is 0 Å². The average molecular weight is 232 g/mol. The Kier molecular flexibility index (Phi) is 2.93. The number of anilines is 1. The van der Waals surface area contributed by atoms with Crippen molar-refractivity contribution in [3.63, 3.8) is 0 Å². The topological polar surface area (TPSA) is 24.5 Å². The number of para-hydroxylation sites is 1. The number of nitrogens with one attached hydrogen (secondary N) is 1. The first-order valence-electron chi connectivity index (χ1n) is 6.57. The zero-order chi connectivity index (χ0) is 11.7. The van der Waals surface area contributed by atoms with Crippen LogP contribution < -0.4 is 15.0 Å². The summed E-state index contributed by atoms with van der Waals surface area (Å²) >= 11 is 0. The summed E-state index contributed by atoms with van der Waals surface area (Å²) < 4.78 is 5.88. The Morgan fingerprint density at radius 1 is 1.41 bits per heavy atom. The zero-order valence-electron chi connectivity index (χ0n) is 10.4. The Balaban J connectivity index is 1.91. The van der Waals surface area contributed by atoms with Crippen molar-refractivity contribution in [2.45, 2.75) is 25.8 Å². The largest absolute Gasteiger partial charge is 0.491 e. The van der Waals surface area contributed by atoms with Gasteiger partial charge in [-0.2, -0.15) is 0 Å². The molecule has 3 rings (SSSR count). The normalized spacial score (nSPS) is 24.1. The van der Waals surface area contributed by atoms with E-state index in [2.05, 4.69) is 35.3 Å². The van der Waals surface area contributed by atoms with Gasteiger partial charge in [0.1, 0.15) is 5.75 Å². The Hall–Kier alpha value is -1.22. The molecule has 1 atom stereocenters. The number of aryl methyl sites for hydroxylation is 1. The summed E-state index contributed by atoms with van der Waals surface area (Å²) in [6, 6.07) is 7.12. The molecular weight excluding hydrogens is 212 g/mol. The summed E-state index contributed by atoms with van der Waals surface area (Å²) in [5, 5.41) is 3.48. The molecule has 0 spiro atoms. The minimum Gasteiger partial charge on any atom is -0.491 e. The molecular formula is C14H20N2O. The fourth-order valence-corrected chi connectivity index (χ4v) is 2.77. The molecule has 1 N–H and O–H groups in total. The lowest BCUT2D eigenvalue weighted by atomic mass is 10.0. The maximum absolute atomic E-state index is 5.88. The van der Waals surface area contributed by atoms with Crippen LogP contribution in [-0.4, -0.2) is 32.3 Å². The molecule has 2 aliphatic heterocycles. The molecule has 3 nitrogen and oxygen atoms in total. The van der Waals surface area contributed by atoms with Crippen molar-refractivity contribution in [2.24, 2.45) is 0 Å². The molecule has 2 aliphatic rings. The van der Waals surface area contributed by atoms with Crippen LogP contribution in [0.5, 0.6) is 5.75 Å². The molecule has 1 fully saturated rings. The first-order chi connectivity index (χ1) is 8.34. The number of fused-ring (bicyclic) bond motifs is 1. The van der Waals surface area contributed by atoms with Gasteiger partial charge in [0.25, 0.3) is 0 Å². The van der Waals surface area contributed by atoms with E-state index in [0.717, 1.165) is 44.8 Å². The van der Waals surface area contributed by atoms with E-state index in [1.54, 1.807) is 0 Å². The van der Waals surface area contributed by atoms with Gasteiger partial charge in [0.05, 0.1) is 12.3 Å². The Morgan fingerprint density at radius 3 is 3.24 bits per heavy atom. The van der Waals surface area contributed by atoms with Crippen molar-refractivity contribution in [3.8, 4) is 5.75 Å². The third kappa shape index (κ3) is 2.12. The van der Waals surface area contributed by atoms with Crippen molar-refractivity contribution in [1.29, 1.82) is 0 Å². The predicted octanol–water partition coefficient (Wildman–Crippen LogP) is 1.81. The molecule has 0 bridgehead atoms. The number of benzene rings is 1. The van der Waals surface area contributed by atoms with Crippen LogP contribution in [0.1, 0.15) is 18.9 Å². The lowest BCUT2D eigenvalue weighted by Gasteiger charge is -2.35. The highest BCUT2D eigenvalue weighted by atomic mass is 16.5.